The van der Waals surface area contributed by atoms with E-state index in [1.807, 2.05) is 28.0 Å². The fourth-order valence-corrected chi connectivity index (χ4v) is 5.76. The Kier molecular flexibility index (Phi) is 6.53. The molecule has 1 aromatic carbocycles. The third-order valence-electron chi connectivity index (χ3n) is 7.23. The van der Waals surface area contributed by atoms with E-state index in [1.165, 1.54) is 12.0 Å². The Balaban J connectivity index is 1.44. The van der Waals surface area contributed by atoms with E-state index in [0.717, 1.165) is 51.4 Å². The van der Waals surface area contributed by atoms with Gasteiger partial charge in [-0.3, -0.25) is 9.59 Å². The van der Waals surface area contributed by atoms with Crippen molar-refractivity contribution in [3.05, 3.63) is 35.9 Å². The van der Waals surface area contributed by atoms with Crippen LogP contribution in [0.2, 0.25) is 0 Å². The van der Waals surface area contributed by atoms with E-state index in [4.69, 9.17) is 0 Å². The fraction of sp³-hybridized carbons (Fsp3) is 0.667. The molecule has 2 saturated heterocycles. The largest absolute Gasteiger partial charge is 0.394 e. The predicted octanol–water partition coefficient (Wildman–Crippen LogP) is 3.15. The summed E-state index contributed by atoms with van der Waals surface area (Å²) in [5.41, 5.74) is 1.26. The van der Waals surface area contributed by atoms with Crippen molar-refractivity contribution in [1.29, 1.82) is 0 Å². The van der Waals surface area contributed by atoms with Gasteiger partial charge in [0.15, 0.2) is 0 Å². The molecule has 2 heterocycles. The highest BCUT2D eigenvalue weighted by molar-refractivity contribution is 5.89. The number of aliphatic hydroxyl groups excluding tert-OH is 1. The minimum atomic E-state index is -0.320. The van der Waals surface area contributed by atoms with E-state index in [1.54, 1.807) is 0 Å². The first-order valence-electron chi connectivity index (χ1n) is 11.5. The number of aryl methyl sites for hydroxylation is 1. The van der Waals surface area contributed by atoms with Crippen LogP contribution < -0.4 is 0 Å². The Morgan fingerprint density at radius 3 is 2.62 bits per heavy atom. The summed E-state index contributed by atoms with van der Waals surface area (Å²) in [6.07, 6.45) is 9.36. The Morgan fingerprint density at radius 2 is 1.83 bits per heavy atom. The number of rotatable bonds is 6. The summed E-state index contributed by atoms with van der Waals surface area (Å²) < 4.78 is 0. The number of carbonyl (C=O) groups is 2. The molecule has 2 aliphatic heterocycles. The summed E-state index contributed by atoms with van der Waals surface area (Å²) in [6, 6.07) is 10.1. The van der Waals surface area contributed by atoms with Gasteiger partial charge in [-0.25, -0.2) is 0 Å². The standard InChI is InChI=1S/C24H34N2O3/c27-17-20-12-7-15-25(20)24(29)22-16-19-11-4-5-13-21(19)26(22)23(28)14-6-10-18-8-2-1-3-9-18/h1-3,8-9,19-22,27H,4-7,10-17H2/t19-,20+,21?,22+/m1/s1. The normalized spacial score (nSPS) is 29.1. The fourth-order valence-electron chi connectivity index (χ4n) is 5.76. The average molecular weight is 399 g/mol. The van der Waals surface area contributed by atoms with Gasteiger partial charge in [0, 0.05) is 19.0 Å². The van der Waals surface area contributed by atoms with Crippen LogP contribution >= 0.6 is 0 Å². The second-order valence-electron chi connectivity index (χ2n) is 9.01. The first kappa shape index (κ1) is 20.4. The van der Waals surface area contributed by atoms with Crippen LogP contribution in [0.15, 0.2) is 30.3 Å². The van der Waals surface area contributed by atoms with E-state index < -0.39 is 0 Å². The smallest absolute Gasteiger partial charge is 0.245 e. The van der Waals surface area contributed by atoms with E-state index in [2.05, 4.69) is 12.1 Å². The van der Waals surface area contributed by atoms with Gasteiger partial charge in [0.05, 0.1) is 12.6 Å². The van der Waals surface area contributed by atoms with Crippen LogP contribution in [0.4, 0.5) is 0 Å². The van der Waals surface area contributed by atoms with Crippen molar-refractivity contribution in [3.8, 4) is 0 Å². The zero-order chi connectivity index (χ0) is 20.2. The second-order valence-corrected chi connectivity index (χ2v) is 9.01. The minimum absolute atomic E-state index is 0.0241. The Bertz CT molecular complexity index is 707. The topological polar surface area (TPSA) is 60.9 Å². The first-order chi connectivity index (χ1) is 14.2. The molecule has 3 fully saturated rings. The summed E-state index contributed by atoms with van der Waals surface area (Å²) in [4.78, 5) is 30.5. The van der Waals surface area contributed by atoms with Crippen LogP contribution in [0.1, 0.15) is 63.4 Å². The molecular weight excluding hydrogens is 364 g/mol. The van der Waals surface area contributed by atoms with Crippen molar-refractivity contribution in [2.24, 2.45) is 5.92 Å². The van der Waals surface area contributed by atoms with Crippen molar-refractivity contribution in [2.45, 2.75) is 82.3 Å². The number of amides is 2. The zero-order valence-corrected chi connectivity index (χ0v) is 17.3. The van der Waals surface area contributed by atoms with Crippen molar-refractivity contribution in [3.63, 3.8) is 0 Å². The lowest BCUT2D eigenvalue weighted by Crippen LogP contribution is -2.52. The molecule has 1 N–H and O–H groups in total. The summed E-state index contributed by atoms with van der Waals surface area (Å²) in [5, 5.41) is 9.66. The number of hydrogen-bond donors (Lipinski definition) is 1. The zero-order valence-electron chi connectivity index (χ0n) is 17.3. The molecular formula is C24H34N2O3. The maximum absolute atomic E-state index is 13.4. The minimum Gasteiger partial charge on any atom is -0.394 e. The number of hydrogen-bond acceptors (Lipinski definition) is 3. The molecule has 0 bridgehead atoms. The highest BCUT2D eigenvalue weighted by Gasteiger charge is 2.49. The van der Waals surface area contributed by atoms with Crippen LogP contribution in [-0.4, -0.2) is 58.0 Å². The molecule has 0 radical (unpaired) electrons. The van der Waals surface area contributed by atoms with Crippen molar-refractivity contribution >= 4 is 11.8 Å². The third-order valence-corrected chi connectivity index (χ3v) is 7.23. The molecule has 158 valence electrons. The van der Waals surface area contributed by atoms with Gasteiger partial charge >= 0.3 is 0 Å². The lowest BCUT2D eigenvalue weighted by atomic mass is 9.84. The second kappa shape index (κ2) is 9.29. The van der Waals surface area contributed by atoms with Gasteiger partial charge in [-0.15, -0.1) is 0 Å². The Labute approximate surface area is 174 Å². The number of benzene rings is 1. The summed E-state index contributed by atoms with van der Waals surface area (Å²) in [6.45, 7) is 0.738. The molecule has 5 nitrogen and oxygen atoms in total. The number of nitrogens with zero attached hydrogens (tertiary/aromatic N) is 2. The molecule has 1 aliphatic carbocycles. The van der Waals surface area contributed by atoms with E-state index in [-0.39, 0.29) is 36.5 Å². The Hall–Kier alpha value is -1.88. The Morgan fingerprint density at radius 1 is 1.03 bits per heavy atom. The van der Waals surface area contributed by atoms with Crippen LogP contribution in [0.25, 0.3) is 0 Å². The SMILES string of the molecule is O=C([C@@H]1C[C@H]2CCCCC2N1C(=O)CCCc1ccccc1)N1CCC[C@H]1CO. The molecule has 0 aromatic heterocycles. The van der Waals surface area contributed by atoms with Gasteiger partial charge in [0.1, 0.15) is 6.04 Å². The molecule has 1 aromatic rings. The van der Waals surface area contributed by atoms with Crippen LogP contribution in [-0.2, 0) is 16.0 Å². The molecule has 0 spiro atoms. The number of carbonyl (C=O) groups excluding carboxylic acids is 2. The average Bonchev–Trinajstić information content (AvgIpc) is 3.38. The molecule has 29 heavy (non-hydrogen) atoms. The van der Waals surface area contributed by atoms with Crippen LogP contribution in [0, 0.1) is 5.92 Å². The van der Waals surface area contributed by atoms with Crippen LogP contribution in [0.5, 0.6) is 0 Å². The molecule has 3 aliphatic rings. The summed E-state index contributed by atoms with van der Waals surface area (Å²) >= 11 is 0. The van der Waals surface area contributed by atoms with E-state index in [0.29, 0.717) is 18.9 Å². The van der Waals surface area contributed by atoms with Gasteiger partial charge < -0.3 is 14.9 Å². The summed E-state index contributed by atoms with van der Waals surface area (Å²) in [7, 11) is 0. The van der Waals surface area contributed by atoms with Gasteiger partial charge in [0.2, 0.25) is 11.8 Å². The molecule has 5 heteroatoms. The quantitative estimate of drug-likeness (QED) is 0.801. The van der Waals surface area contributed by atoms with Gasteiger partial charge in [-0.1, -0.05) is 43.2 Å². The maximum Gasteiger partial charge on any atom is 0.245 e. The van der Waals surface area contributed by atoms with Gasteiger partial charge in [0.25, 0.3) is 0 Å². The highest BCUT2D eigenvalue weighted by atomic mass is 16.3. The van der Waals surface area contributed by atoms with E-state index >= 15 is 0 Å². The number of fused-ring (bicyclic) bond motifs is 1. The number of aliphatic hydroxyl groups is 1. The van der Waals surface area contributed by atoms with Crippen molar-refractivity contribution in [1.82, 2.24) is 9.80 Å². The van der Waals surface area contributed by atoms with Gasteiger partial charge in [-0.05, 0) is 56.4 Å². The molecule has 1 unspecified atom stereocenters. The molecule has 2 amide bonds. The third kappa shape index (κ3) is 4.35. The molecule has 4 atom stereocenters. The number of likely N-dealkylation sites (tertiary alicyclic amines) is 2. The first-order valence-corrected chi connectivity index (χ1v) is 11.5. The van der Waals surface area contributed by atoms with Gasteiger partial charge in [-0.2, -0.15) is 0 Å². The monoisotopic (exact) mass is 398 g/mol. The molecule has 1 saturated carbocycles. The lowest BCUT2D eigenvalue weighted by Gasteiger charge is -2.35. The summed E-state index contributed by atoms with van der Waals surface area (Å²) in [5.74, 6) is 0.687. The molecule has 4 rings (SSSR count). The van der Waals surface area contributed by atoms with Crippen LogP contribution in [0.3, 0.4) is 0 Å². The van der Waals surface area contributed by atoms with E-state index in [9.17, 15) is 14.7 Å². The maximum atomic E-state index is 13.4. The highest BCUT2D eigenvalue weighted by Crippen LogP contribution is 2.41. The van der Waals surface area contributed by atoms with Crippen molar-refractivity contribution < 1.29 is 14.7 Å². The van der Waals surface area contributed by atoms with Crippen molar-refractivity contribution in [2.75, 3.05) is 13.2 Å². The predicted molar refractivity (Wildman–Crippen MR) is 112 cm³/mol. The lowest BCUT2D eigenvalue weighted by molar-refractivity contribution is -0.146.